The van der Waals surface area contributed by atoms with Gasteiger partial charge < -0.3 is 57.1 Å². The number of benzene rings is 1. The summed E-state index contributed by atoms with van der Waals surface area (Å²) in [6, 6.07) is 5.10. The predicted octanol–water partition coefficient (Wildman–Crippen LogP) is 29.7. The molecule has 0 saturated heterocycles. The van der Waals surface area contributed by atoms with Crippen LogP contribution in [0, 0.1) is 0 Å². The maximum atomic E-state index is 14.8. The lowest BCUT2D eigenvalue weighted by Crippen LogP contribution is -2.65. The van der Waals surface area contributed by atoms with Gasteiger partial charge in [0.2, 0.25) is 17.6 Å². The number of hydrogen-bond donors (Lipinski definition) is 3. The van der Waals surface area contributed by atoms with E-state index in [2.05, 4.69) is 259 Å². The average molecular weight is 1750 g/mol. The summed E-state index contributed by atoms with van der Waals surface area (Å²) in [5.41, 5.74) is 12.2. The van der Waals surface area contributed by atoms with Gasteiger partial charge in [0.1, 0.15) is 11.1 Å². The molecule has 4 N–H and O–H groups in total. The molecule has 0 heterocycles. The van der Waals surface area contributed by atoms with E-state index in [0.29, 0.717) is 173 Å². The molecular formula is C97H199N3O11Si6. The summed E-state index contributed by atoms with van der Waals surface area (Å²) in [6.07, 6.45) is 26.2. The van der Waals surface area contributed by atoms with Crippen LogP contribution in [-0.4, -0.2) is 132 Å². The molecule has 20 heteroatoms. The van der Waals surface area contributed by atoms with Crippen molar-refractivity contribution in [2.24, 2.45) is 5.73 Å². The minimum absolute atomic E-state index is 0.0788. The van der Waals surface area contributed by atoms with Crippen molar-refractivity contribution in [2.75, 3.05) is 59.5 Å². The van der Waals surface area contributed by atoms with E-state index in [1.807, 2.05) is 6.07 Å². The first-order valence-electron chi connectivity index (χ1n) is 49.0. The zero-order valence-corrected chi connectivity index (χ0v) is 89.9. The Kier molecular flexibility index (Phi) is 55.0. The van der Waals surface area contributed by atoms with E-state index in [9.17, 15) is 9.59 Å². The molecule has 0 bridgehead atoms. The normalized spacial score (nSPS) is 14.1. The van der Waals surface area contributed by atoms with Gasteiger partial charge in [0, 0.05) is 24.9 Å². The van der Waals surface area contributed by atoms with E-state index >= 15 is 0 Å². The van der Waals surface area contributed by atoms with Crippen LogP contribution in [0.15, 0.2) is 12.1 Å². The Balaban J connectivity index is 3.26. The molecule has 117 heavy (non-hydrogen) atoms. The van der Waals surface area contributed by atoms with Crippen LogP contribution in [0.25, 0.3) is 0 Å². The fourth-order valence-corrected chi connectivity index (χ4v) is 51.2. The maximum Gasteiger partial charge on any atom is 0.220 e. The fraction of sp³-hybridized carbons (Fsp3) is 0.918. The highest BCUT2D eigenvalue weighted by Gasteiger charge is 2.55. The van der Waals surface area contributed by atoms with Crippen molar-refractivity contribution >= 4 is 61.7 Å². The van der Waals surface area contributed by atoms with Crippen LogP contribution in [-0.2, 0) is 42.7 Å². The molecule has 2 amide bonds. The van der Waals surface area contributed by atoms with Crippen LogP contribution in [0.3, 0.4) is 0 Å². The molecule has 1 unspecified atom stereocenters. The van der Waals surface area contributed by atoms with Crippen molar-refractivity contribution in [3.63, 3.8) is 0 Å². The number of carbonyl (C=O) groups excluding carboxylic acids is 2. The van der Waals surface area contributed by atoms with Gasteiger partial charge in [-0.15, -0.1) is 0 Å². The smallest absolute Gasteiger partial charge is 0.220 e. The molecule has 1 aromatic rings. The molecule has 0 aromatic heterocycles. The summed E-state index contributed by atoms with van der Waals surface area (Å²) in [7, 11) is -13.9. The van der Waals surface area contributed by atoms with Crippen molar-refractivity contribution in [2.45, 2.75) is 515 Å². The Morgan fingerprint density at radius 3 is 0.778 bits per heavy atom. The third-order valence-electron chi connectivity index (χ3n) is 28.4. The molecule has 0 fully saturated rings. The Labute approximate surface area is 732 Å². The first-order valence-corrected chi connectivity index (χ1v) is 62.4. The molecule has 0 aliphatic carbocycles. The molecule has 0 spiro atoms. The van der Waals surface area contributed by atoms with Gasteiger partial charge in [-0.1, -0.05) is 357 Å². The molecule has 0 aliphatic heterocycles. The number of nitrogens with one attached hydrogen (secondary N) is 2. The van der Waals surface area contributed by atoms with Crippen molar-refractivity contribution in [3.8, 4) is 17.2 Å². The Hall–Kier alpha value is -1.42. The third kappa shape index (κ3) is 34.0. The lowest BCUT2D eigenvalue weighted by Gasteiger charge is -2.50. The van der Waals surface area contributed by atoms with Crippen molar-refractivity contribution in [1.82, 2.24) is 10.6 Å². The van der Waals surface area contributed by atoms with Crippen molar-refractivity contribution < 1.29 is 50.4 Å². The topological polar surface area (TPSA) is 167 Å². The molecule has 0 aliphatic rings. The summed E-state index contributed by atoms with van der Waals surface area (Å²) >= 11 is 0. The van der Waals surface area contributed by atoms with Crippen LogP contribution in [0.2, 0.25) is 101 Å². The molecule has 1 atom stereocenters. The third-order valence-corrected chi connectivity index (χ3v) is 63.4. The average Bonchev–Trinajstić information content (AvgIpc) is 0.776. The summed E-state index contributed by atoms with van der Waals surface area (Å²) < 4.78 is 65.1. The lowest BCUT2D eigenvalue weighted by atomic mass is 10.0. The quantitative estimate of drug-likeness (QED) is 0.0418. The second-order valence-electron chi connectivity index (χ2n) is 41.7. The number of unbranched alkanes of at least 4 members (excludes halogenated alkanes) is 20. The minimum Gasteiger partial charge on any atom is -0.490 e. The fourth-order valence-electron chi connectivity index (χ4n) is 21.6. The predicted molar refractivity (Wildman–Crippen MR) is 522 cm³/mol. The van der Waals surface area contributed by atoms with Gasteiger partial charge in [-0.05, 0) is 139 Å². The number of ether oxygens (including phenoxy) is 3. The molecule has 0 radical (unpaired) electrons. The van der Waals surface area contributed by atoms with Crippen LogP contribution < -0.4 is 30.6 Å². The number of amides is 2. The summed E-state index contributed by atoms with van der Waals surface area (Å²) in [4.78, 5) is 29.4. The Bertz CT molecular complexity index is 2540. The summed E-state index contributed by atoms with van der Waals surface area (Å²) in [5.74, 6) is 2.33. The second kappa shape index (κ2) is 56.6. The van der Waals surface area contributed by atoms with Gasteiger partial charge in [0.05, 0.1) is 59.5 Å². The first kappa shape index (κ1) is 114. The first-order chi connectivity index (χ1) is 54.8. The van der Waals surface area contributed by atoms with Crippen LogP contribution in [0.5, 0.6) is 17.2 Å². The molecular weight excluding hydrogens is 1550 g/mol. The van der Waals surface area contributed by atoms with Crippen LogP contribution in [0.4, 0.5) is 0 Å². The minimum atomic E-state index is -2.37. The van der Waals surface area contributed by atoms with Crippen molar-refractivity contribution in [1.29, 1.82) is 0 Å². The van der Waals surface area contributed by atoms with E-state index in [4.69, 9.17) is 46.5 Å². The number of carbonyl (C=O) groups is 2. The van der Waals surface area contributed by atoms with Gasteiger partial charge in [-0.3, -0.25) is 9.59 Å². The summed E-state index contributed by atoms with van der Waals surface area (Å²) in [6.45, 7) is 86.6. The summed E-state index contributed by atoms with van der Waals surface area (Å²) in [5, 5.41) is 7.42. The zero-order valence-electron chi connectivity index (χ0n) is 83.9. The van der Waals surface area contributed by atoms with E-state index < -0.39 is 61.0 Å². The Morgan fingerprint density at radius 1 is 0.308 bits per heavy atom. The molecule has 0 saturated carbocycles. The Morgan fingerprint density at radius 2 is 0.538 bits per heavy atom. The van der Waals surface area contributed by atoms with Gasteiger partial charge in [0.15, 0.2) is 61.4 Å². The van der Waals surface area contributed by atoms with E-state index in [0.717, 1.165) is 139 Å². The van der Waals surface area contributed by atoms with Crippen LogP contribution in [0.1, 0.15) is 401 Å². The largest absolute Gasteiger partial charge is 0.490 e. The highest BCUT2D eigenvalue weighted by atomic mass is 28.4. The monoisotopic (exact) mass is 1750 g/mol. The van der Waals surface area contributed by atoms with Crippen molar-refractivity contribution in [3.05, 3.63) is 17.7 Å². The van der Waals surface area contributed by atoms with Crippen LogP contribution >= 0.6 is 0 Å². The molecule has 1 aromatic carbocycles. The molecule has 692 valence electrons. The van der Waals surface area contributed by atoms with Gasteiger partial charge in [-0.25, -0.2) is 0 Å². The lowest BCUT2D eigenvalue weighted by molar-refractivity contribution is -0.125. The zero-order chi connectivity index (χ0) is 89.3. The van der Waals surface area contributed by atoms with E-state index in [1.165, 1.54) is 32.1 Å². The highest BCUT2D eigenvalue weighted by molar-refractivity contribution is 6.79. The van der Waals surface area contributed by atoms with E-state index in [-0.39, 0.29) is 11.8 Å². The van der Waals surface area contributed by atoms with Gasteiger partial charge in [-0.2, -0.15) is 0 Å². The maximum absolute atomic E-state index is 14.8. The molecule has 14 nitrogen and oxygen atoms in total. The second-order valence-corrected chi connectivity index (χ2v) is 73.8. The SMILES string of the molecule is CCCCCCCCCOc1c(CN)ccc(OCCCCCCCCCCC(=O)NC(CO[Si](C)(CC)C(C)C)(CO[Si](C(C)C)(C(C)C)C(C)C)CO[Si](C(C)C)(C(C)C)C(C)C)c1OCCCCCCCCCCC(=O)NC(CO[Si](C(C)C)(C(C)C)C(C)C)(CO[Si](C(C)C)(C(C)C)C(C)C)CO[Si](C(C)C)(C(C)C)C(C)C. The molecule has 1 rings (SSSR count). The highest BCUT2D eigenvalue weighted by Crippen LogP contribution is 2.50. The number of hydrogen-bond acceptors (Lipinski definition) is 12. The number of rotatable bonds is 71. The number of nitrogens with two attached hydrogens (primary N) is 1. The van der Waals surface area contributed by atoms with Gasteiger partial charge in [0.25, 0.3) is 0 Å². The van der Waals surface area contributed by atoms with Gasteiger partial charge >= 0.3 is 0 Å². The standard InChI is InChI=1S/C97H199N3O11Si6/c1-36-38-39-40-47-53-58-65-104-94-90(67-98)62-63-91(103-64-57-52-48-43-41-45-50-55-60-92(101)99-96(68-106-112(35,37-2)74(3)4,69-107-113(75(5)6,76(7)8)77(9)10)70-108-114(78(11)12,79(13)14)80(15)16)95(94)105-66-59-54-49-44-42-46-51-56-61-93(102)100-97(71-109-115(81(17)18,82(19)20)83(21)22,72-110-116(84(23)24,85(25)26)86(27)28)73-111-117(87(29)30,88(31)32)89(33)34/h62-63,74-89H,36-61,64-73,98H2,1-35H3,(H,99,101)(H,100,102). The van der Waals surface area contributed by atoms with E-state index in [1.54, 1.807) is 0 Å².